The number of anilines is 1. The SMILES string of the molecule is C[C@@H](O)c1ccc(N2CCCS(=O)(=O)CC2)cc1Br. The Kier molecular flexibility index (Phi) is 4.53. The minimum atomic E-state index is -2.89. The highest BCUT2D eigenvalue weighted by atomic mass is 79.9. The molecule has 0 aromatic heterocycles. The van der Waals surface area contributed by atoms with Gasteiger partial charge in [0.1, 0.15) is 0 Å². The normalized spacial score (nSPS) is 20.9. The monoisotopic (exact) mass is 347 g/mol. The van der Waals surface area contributed by atoms with Crippen LogP contribution in [0.2, 0.25) is 0 Å². The van der Waals surface area contributed by atoms with E-state index in [1.165, 1.54) is 0 Å². The van der Waals surface area contributed by atoms with Crippen LogP contribution in [0, 0.1) is 0 Å². The number of sulfone groups is 1. The van der Waals surface area contributed by atoms with Gasteiger partial charge in [-0.15, -0.1) is 0 Å². The minimum absolute atomic E-state index is 0.211. The van der Waals surface area contributed by atoms with E-state index in [9.17, 15) is 13.5 Å². The largest absolute Gasteiger partial charge is 0.389 e. The van der Waals surface area contributed by atoms with Crippen LogP contribution in [0.3, 0.4) is 0 Å². The lowest BCUT2D eigenvalue weighted by Crippen LogP contribution is -2.26. The quantitative estimate of drug-likeness (QED) is 0.890. The summed E-state index contributed by atoms with van der Waals surface area (Å²) in [7, 11) is -2.89. The third kappa shape index (κ3) is 3.70. The first-order chi connectivity index (χ1) is 8.89. The molecule has 1 aromatic rings. The predicted octanol–water partition coefficient (Wildman–Crippen LogP) is 2.13. The number of hydrogen-bond donors (Lipinski definition) is 1. The average Bonchev–Trinajstić information content (AvgIpc) is 2.49. The maximum absolute atomic E-state index is 11.6. The molecular weight excluding hydrogens is 330 g/mol. The topological polar surface area (TPSA) is 57.6 Å². The zero-order valence-electron chi connectivity index (χ0n) is 10.8. The maximum atomic E-state index is 11.6. The molecule has 1 aliphatic heterocycles. The van der Waals surface area contributed by atoms with Gasteiger partial charge in [0, 0.05) is 23.2 Å². The number of benzene rings is 1. The molecule has 0 spiro atoms. The van der Waals surface area contributed by atoms with Crippen molar-refractivity contribution in [2.75, 3.05) is 29.5 Å². The molecule has 1 heterocycles. The highest BCUT2D eigenvalue weighted by Crippen LogP contribution is 2.28. The van der Waals surface area contributed by atoms with Gasteiger partial charge in [0.05, 0.1) is 17.6 Å². The molecule has 0 unspecified atom stereocenters. The second kappa shape index (κ2) is 5.81. The van der Waals surface area contributed by atoms with E-state index in [1.54, 1.807) is 6.92 Å². The molecule has 1 fully saturated rings. The number of aliphatic hydroxyl groups excluding tert-OH is 1. The van der Waals surface area contributed by atoms with Crippen molar-refractivity contribution in [3.05, 3.63) is 28.2 Å². The van der Waals surface area contributed by atoms with Gasteiger partial charge in [-0.1, -0.05) is 22.0 Å². The van der Waals surface area contributed by atoms with E-state index in [-0.39, 0.29) is 11.5 Å². The summed E-state index contributed by atoms with van der Waals surface area (Å²) >= 11 is 3.45. The minimum Gasteiger partial charge on any atom is -0.389 e. The van der Waals surface area contributed by atoms with Crippen molar-refractivity contribution < 1.29 is 13.5 Å². The molecule has 1 saturated heterocycles. The number of aliphatic hydroxyl groups is 1. The Morgan fingerprint density at radius 3 is 2.68 bits per heavy atom. The van der Waals surface area contributed by atoms with Crippen LogP contribution >= 0.6 is 15.9 Å². The molecule has 1 N–H and O–H groups in total. The zero-order chi connectivity index (χ0) is 14.0. The number of rotatable bonds is 2. The summed E-state index contributed by atoms with van der Waals surface area (Å²) in [5, 5.41) is 9.60. The summed E-state index contributed by atoms with van der Waals surface area (Å²) in [5.74, 6) is 0.485. The van der Waals surface area contributed by atoms with E-state index in [0.29, 0.717) is 13.0 Å². The molecular formula is C13H18BrNO3S. The molecule has 4 nitrogen and oxygen atoms in total. The second-order valence-corrected chi connectivity index (χ2v) is 8.03. The summed E-state index contributed by atoms with van der Waals surface area (Å²) in [6.45, 7) is 3.00. The first-order valence-corrected chi connectivity index (χ1v) is 8.93. The summed E-state index contributed by atoms with van der Waals surface area (Å²) in [5.41, 5.74) is 1.83. The van der Waals surface area contributed by atoms with Crippen molar-refractivity contribution in [1.82, 2.24) is 0 Å². The Morgan fingerprint density at radius 2 is 2.05 bits per heavy atom. The Labute approximate surface area is 122 Å². The smallest absolute Gasteiger partial charge is 0.152 e. The fourth-order valence-electron chi connectivity index (χ4n) is 2.25. The lowest BCUT2D eigenvalue weighted by molar-refractivity contribution is 0.198. The maximum Gasteiger partial charge on any atom is 0.152 e. The van der Waals surface area contributed by atoms with Crippen LogP contribution in [0.15, 0.2) is 22.7 Å². The lowest BCUT2D eigenvalue weighted by Gasteiger charge is -2.23. The Hall–Kier alpha value is -0.590. The van der Waals surface area contributed by atoms with E-state index >= 15 is 0 Å². The molecule has 0 bridgehead atoms. The molecule has 0 amide bonds. The van der Waals surface area contributed by atoms with E-state index in [1.807, 2.05) is 18.2 Å². The lowest BCUT2D eigenvalue weighted by atomic mass is 10.1. The van der Waals surface area contributed by atoms with Gasteiger partial charge in [-0.3, -0.25) is 0 Å². The van der Waals surface area contributed by atoms with Gasteiger partial charge in [0.2, 0.25) is 0 Å². The molecule has 1 aromatic carbocycles. The molecule has 2 rings (SSSR count). The van der Waals surface area contributed by atoms with Crippen LogP contribution in [-0.2, 0) is 9.84 Å². The van der Waals surface area contributed by atoms with Gasteiger partial charge in [0.15, 0.2) is 9.84 Å². The van der Waals surface area contributed by atoms with Crippen molar-refractivity contribution in [2.24, 2.45) is 0 Å². The van der Waals surface area contributed by atoms with Crippen LogP contribution in [-0.4, -0.2) is 38.1 Å². The first kappa shape index (κ1) is 14.8. The van der Waals surface area contributed by atoms with Crippen LogP contribution in [0.25, 0.3) is 0 Å². The van der Waals surface area contributed by atoms with Gasteiger partial charge in [-0.05, 0) is 31.0 Å². The van der Waals surface area contributed by atoms with E-state index < -0.39 is 15.9 Å². The van der Waals surface area contributed by atoms with Crippen molar-refractivity contribution in [3.63, 3.8) is 0 Å². The number of nitrogens with zero attached hydrogens (tertiary/aromatic N) is 1. The Bertz CT molecular complexity index is 557. The average molecular weight is 348 g/mol. The molecule has 19 heavy (non-hydrogen) atoms. The van der Waals surface area contributed by atoms with Gasteiger partial charge >= 0.3 is 0 Å². The van der Waals surface area contributed by atoms with Crippen LogP contribution in [0.5, 0.6) is 0 Å². The van der Waals surface area contributed by atoms with E-state index in [0.717, 1.165) is 22.3 Å². The molecule has 0 radical (unpaired) electrons. The zero-order valence-corrected chi connectivity index (χ0v) is 13.2. The van der Waals surface area contributed by atoms with Crippen molar-refractivity contribution in [1.29, 1.82) is 0 Å². The molecule has 1 atom stereocenters. The Morgan fingerprint density at radius 1 is 1.32 bits per heavy atom. The highest BCUT2D eigenvalue weighted by Gasteiger charge is 2.20. The van der Waals surface area contributed by atoms with E-state index in [2.05, 4.69) is 20.8 Å². The summed E-state index contributed by atoms with van der Waals surface area (Å²) < 4.78 is 24.0. The number of halogens is 1. The van der Waals surface area contributed by atoms with Crippen molar-refractivity contribution in [3.8, 4) is 0 Å². The van der Waals surface area contributed by atoms with Crippen LogP contribution < -0.4 is 4.90 Å². The summed E-state index contributed by atoms with van der Waals surface area (Å²) in [6.07, 6.45) is 0.144. The van der Waals surface area contributed by atoms with Crippen LogP contribution in [0.1, 0.15) is 25.0 Å². The predicted molar refractivity (Wildman–Crippen MR) is 80.3 cm³/mol. The third-order valence-electron chi connectivity index (χ3n) is 3.35. The van der Waals surface area contributed by atoms with Crippen LogP contribution in [0.4, 0.5) is 5.69 Å². The van der Waals surface area contributed by atoms with Gasteiger partial charge in [-0.2, -0.15) is 0 Å². The third-order valence-corrected chi connectivity index (χ3v) is 5.76. The fraction of sp³-hybridized carbons (Fsp3) is 0.538. The summed E-state index contributed by atoms with van der Waals surface area (Å²) in [6, 6.07) is 5.76. The standard InChI is InChI=1S/C13H18BrNO3S/c1-10(16)12-4-3-11(9-13(12)14)15-5-2-7-19(17,18)8-6-15/h3-4,9-10,16H,2,5-8H2,1H3/t10-/m1/s1. The van der Waals surface area contributed by atoms with Gasteiger partial charge in [0.25, 0.3) is 0 Å². The van der Waals surface area contributed by atoms with Gasteiger partial charge < -0.3 is 10.0 Å². The fourth-order valence-corrected chi connectivity index (χ4v) is 4.22. The van der Waals surface area contributed by atoms with E-state index in [4.69, 9.17) is 0 Å². The summed E-state index contributed by atoms with van der Waals surface area (Å²) in [4.78, 5) is 2.08. The van der Waals surface area contributed by atoms with Gasteiger partial charge in [-0.25, -0.2) is 8.42 Å². The molecule has 0 saturated carbocycles. The molecule has 0 aliphatic carbocycles. The molecule has 6 heteroatoms. The second-order valence-electron chi connectivity index (χ2n) is 4.87. The first-order valence-electron chi connectivity index (χ1n) is 6.32. The van der Waals surface area contributed by atoms with Crippen molar-refractivity contribution in [2.45, 2.75) is 19.4 Å². The highest BCUT2D eigenvalue weighted by molar-refractivity contribution is 9.10. The Balaban J connectivity index is 2.20. The molecule has 1 aliphatic rings. The molecule has 106 valence electrons. The number of hydrogen-bond acceptors (Lipinski definition) is 4. The van der Waals surface area contributed by atoms with Crippen molar-refractivity contribution >= 4 is 31.5 Å².